The van der Waals surface area contributed by atoms with Gasteiger partial charge < -0.3 is 24.4 Å². The zero-order valence-electron chi connectivity index (χ0n) is 17.8. The second kappa shape index (κ2) is 13.3. The second-order valence-electron chi connectivity index (χ2n) is 7.49. The third-order valence-electron chi connectivity index (χ3n) is 5.41. The number of rotatable bonds is 7. The molecule has 2 saturated heterocycles. The van der Waals surface area contributed by atoms with Gasteiger partial charge in [0, 0.05) is 33.3 Å². The summed E-state index contributed by atoms with van der Waals surface area (Å²) in [5.74, 6) is 1.87. The topological polar surface area (TPSA) is 55.3 Å². The highest BCUT2D eigenvalue weighted by Gasteiger charge is 2.23. The molecule has 3 rings (SSSR count). The molecule has 0 aromatic heterocycles. The zero-order valence-corrected chi connectivity index (χ0v) is 20.1. The monoisotopic (exact) mass is 517 g/mol. The Hall–Kier alpha value is -1.06. The molecule has 29 heavy (non-hydrogen) atoms. The maximum absolute atomic E-state index is 6.12. The number of aliphatic imine (C=N–C) groups is 1. The van der Waals surface area contributed by atoms with Crippen LogP contribution in [0.15, 0.2) is 29.3 Å². The number of hydrogen-bond donors (Lipinski definition) is 1. The summed E-state index contributed by atoms with van der Waals surface area (Å²) in [6.07, 6.45) is 6.30. The Morgan fingerprint density at radius 3 is 2.76 bits per heavy atom. The van der Waals surface area contributed by atoms with Crippen molar-refractivity contribution in [3.63, 3.8) is 0 Å². The van der Waals surface area contributed by atoms with Gasteiger partial charge in [0.2, 0.25) is 0 Å². The van der Waals surface area contributed by atoms with Gasteiger partial charge in [-0.05, 0) is 56.7 Å². The lowest BCUT2D eigenvalue weighted by atomic mass is 10.1. The van der Waals surface area contributed by atoms with Gasteiger partial charge in [-0.3, -0.25) is 4.99 Å². The van der Waals surface area contributed by atoms with Crippen LogP contribution in [0, 0.1) is 0 Å². The summed E-state index contributed by atoms with van der Waals surface area (Å²) in [6.45, 7) is 6.99. The second-order valence-corrected chi connectivity index (χ2v) is 7.49. The fraction of sp³-hybridized carbons (Fsp3) is 0.682. The van der Waals surface area contributed by atoms with E-state index in [2.05, 4.69) is 27.3 Å². The molecular formula is C22H36IN3O3. The maximum Gasteiger partial charge on any atom is 0.193 e. The summed E-state index contributed by atoms with van der Waals surface area (Å²) in [4.78, 5) is 6.79. The summed E-state index contributed by atoms with van der Waals surface area (Å²) in [6, 6.07) is 8.21. The molecule has 2 fully saturated rings. The summed E-state index contributed by atoms with van der Waals surface area (Å²) in [5.41, 5.74) is 1.19. The van der Waals surface area contributed by atoms with Gasteiger partial charge in [0.1, 0.15) is 5.75 Å². The molecule has 0 spiro atoms. The Morgan fingerprint density at radius 2 is 2.07 bits per heavy atom. The normalized spacial score (nSPS) is 20.8. The van der Waals surface area contributed by atoms with Gasteiger partial charge in [-0.1, -0.05) is 12.1 Å². The van der Waals surface area contributed by atoms with Crippen molar-refractivity contribution in [2.45, 2.75) is 57.8 Å². The SMILES string of the molecule is CCOc1cccc(CNC(=NC)N2CCC(OCC3CCCCO3)CC2)c1.I. The fourth-order valence-corrected chi connectivity index (χ4v) is 3.84. The van der Waals surface area contributed by atoms with Gasteiger partial charge in [-0.2, -0.15) is 0 Å². The number of nitrogens with zero attached hydrogens (tertiary/aromatic N) is 2. The van der Waals surface area contributed by atoms with Crippen molar-refractivity contribution in [2.24, 2.45) is 4.99 Å². The lowest BCUT2D eigenvalue weighted by molar-refractivity contribution is -0.0721. The Balaban J connectivity index is 0.00000300. The molecule has 2 aliphatic rings. The molecule has 0 radical (unpaired) electrons. The molecule has 6 nitrogen and oxygen atoms in total. The largest absolute Gasteiger partial charge is 0.494 e. The molecule has 7 heteroatoms. The third-order valence-corrected chi connectivity index (χ3v) is 5.41. The Kier molecular flexibility index (Phi) is 11.1. The molecule has 164 valence electrons. The van der Waals surface area contributed by atoms with Crippen molar-refractivity contribution < 1.29 is 14.2 Å². The number of hydrogen-bond acceptors (Lipinski definition) is 4. The van der Waals surface area contributed by atoms with Crippen LogP contribution in [0.5, 0.6) is 5.75 Å². The Morgan fingerprint density at radius 1 is 1.24 bits per heavy atom. The van der Waals surface area contributed by atoms with Gasteiger partial charge in [0.15, 0.2) is 5.96 Å². The number of nitrogens with one attached hydrogen (secondary N) is 1. The van der Waals surface area contributed by atoms with Crippen LogP contribution in [0.2, 0.25) is 0 Å². The lowest BCUT2D eigenvalue weighted by Crippen LogP contribution is -2.47. The first-order valence-electron chi connectivity index (χ1n) is 10.7. The molecule has 1 N–H and O–H groups in total. The van der Waals surface area contributed by atoms with Gasteiger partial charge in [0.05, 0.1) is 25.4 Å². The van der Waals surface area contributed by atoms with E-state index >= 15 is 0 Å². The number of ether oxygens (including phenoxy) is 3. The smallest absolute Gasteiger partial charge is 0.193 e. The van der Waals surface area contributed by atoms with Crippen molar-refractivity contribution >= 4 is 29.9 Å². The van der Waals surface area contributed by atoms with Crippen molar-refractivity contribution in [3.8, 4) is 5.75 Å². The lowest BCUT2D eigenvalue weighted by Gasteiger charge is -2.35. The van der Waals surface area contributed by atoms with Crippen LogP contribution in [0.3, 0.4) is 0 Å². The first-order valence-corrected chi connectivity index (χ1v) is 10.7. The number of likely N-dealkylation sites (tertiary alicyclic amines) is 1. The average Bonchev–Trinajstić information content (AvgIpc) is 2.75. The number of benzene rings is 1. The molecule has 1 unspecified atom stereocenters. The van der Waals surface area contributed by atoms with E-state index in [-0.39, 0.29) is 24.0 Å². The van der Waals surface area contributed by atoms with Crippen molar-refractivity contribution in [3.05, 3.63) is 29.8 Å². The average molecular weight is 517 g/mol. The van der Waals surface area contributed by atoms with Gasteiger partial charge >= 0.3 is 0 Å². The van der Waals surface area contributed by atoms with E-state index in [9.17, 15) is 0 Å². The highest BCUT2D eigenvalue weighted by Crippen LogP contribution is 2.18. The minimum absolute atomic E-state index is 0. The quantitative estimate of drug-likeness (QED) is 0.339. The molecule has 1 aromatic rings. The molecule has 0 aliphatic carbocycles. The minimum atomic E-state index is 0. The van der Waals surface area contributed by atoms with E-state index in [4.69, 9.17) is 14.2 Å². The van der Waals surface area contributed by atoms with E-state index in [1.165, 1.54) is 18.4 Å². The minimum Gasteiger partial charge on any atom is -0.494 e. The number of halogens is 1. The summed E-state index contributed by atoms with van der Waals surface area (Å²) >= 11 is 0. The van der Waals surface area contributed by atoms with Crippen molar-refractivity contribution in [2.75, 3.05) is 40.0 Å². The van der Waals surface area contributed by atoms with Gasteiger partial charge in [0.25, 0.3) is 0 Å². The molecule has 0 bridgehead atoms. The van der Waals surface area contributed by atoms with Gasteiger partial charge in [-0.15, -0.1) is 24.0 Å². The maximum atomic E-state index is 6.12. The van der Waals surface area contributed by atoms with E-state index < -0.39 is 0 Å². The molecule has 0 amide bonds. The van der Waals surface area contributed by atoms with E-state index in [0.717, 1.165) is 63.8 Å². The first kappa shape index (κ1) is 24.2. The van der Waals surface area contributed by atoms with E-state index in [1.807, 2.05) is 26.1 Å². The highest BCUT2D eigenvalue weighted by molar-refractivity contribution is 14.0. The standard InChI is InChI=1S/C22H35N3O3.HI/c1-3-26-20-9-6-7-18(15-20)16-24-22(23-2)25-12-10-19(11-13-25)28-17-21-8-4-5-14-27-21;/h6-7,9,15,19,21H,3-5,8,10-14,16-17H2,1-2H3,(H,23,24);1H. The van der Waals surface area contributed by atoms with Crippen LogP contribution in [-0.4, -0.2) is 63.0 Å². The van der Waals surface area contributed by atoms with Crippen molar-refractivity contribution in [1.29, 1.82) is 0 Å². The first-order chi connectivity index (χ1) is 13.8. The highest BCUT2D eigenvalue weighted by atomic mass is 127. The molecule has 1 atom stereocenters. The Labute approximate surface area is 192 Å². The van der Waals surface area contributed by atoms with E-state index in [1.54, 1.807) is 0 Å². The number of guanidine groups is 1. The summed E-state index contributed by atoms with van der Waals surface area (Å²) in [7, 11) is 1.85. The molecule has 2 aliphatic heterocycles. The Bertz CT molecular complexity index is 615. The van der Waals surface area contributed by atoms with E-state index in [0.29, 0.717) is 18.8 Å². The predicted molar refractivity (Wildman–Crippen MR) is 127 cm³/mol. The third kappa shape index (κ3) is 7.94. The summed E-state index contributed by atoms with van der Waals surface area (Å²) in [5, 5.41) is 3.48. The van der Waals surface area contributed by atoms with Crippen LogP contribution >= 0.6 is 24.0 Å². The van der Waals surface area contributed by atoms with Gasteiger partial charge in [-0.25, -0.2) is 0 Å². The van der Waals surface area contributed by atoms with Crippen LogP contribution in [0.25, 0.3) is 0 Å². The molecule has 2 heterocycles. The van der Waals surface area contributed by atoms with Crippen molar-refractivity contribution in [1.82, 2.24) is 10.2 Å². The summed E-state index contributed by atoms with van der Waals surface area (Å²) < 4.78 is 17.5. The fourth-order valence-electron chi connectivity index (χ4n) is 3.84. The van der Waals surface area contributed by atoms with Crippen LogP contribution < -0.4 is 10.1 Å². The predicted octanol–water partition coefficient (Wildman–Crippen LogP) is 3.83. The molecule has 1 aromatic carbocycles. The molecule has 0 saturated carbocycles. The zero-order chi connectivity index (χ0) is 19.6. The van der Waals surface area contributed by atoms with Crippen LogP contribution in [0.1, 0.15) is 44.6 Å². The molecular weight excluding hydrogens is 481 g/mol. The number of piperidine rings is 1. The van der Waals surface area contributed by atoms with Crippen LogP contribution in [0.4, 0.5) is 0 Å². The van der Waals surface area contributed by atoms with Crippen LogP contribution in [-0.2, 0) is 16.0 Å².